The van der Waals surface area contributed by atoms with E-state index in [4.69, 9.17) is 90.5 Å². The highest BCUT2D eigenvalue weighted by atomic mass is 35.5. The van der Waals surface area contributed by atoms with Crippen molar-refractivity contribution in [3.63, 3.8) is 0 Å². The highest BCUT2D eigenvalue weighted by molar-refractivity contribution is 6.54. The molecular formula is C110H141Cl4N9O18. The molecule has 27 nitrogen and oxygen atoms in total. The normalized spacial score (nSPS) is 37.8. The summed E-state index contributed by atoms with van der Waals surface area (Å²) in [7, 11) is 0. The fourth-order valence-electron chi connectivity index (χ4n) is 26.3. The molecular weight excluding hydrogens is 1880 g/mol. The van der Waals surface area contributed by atoms with Crippen molar-refractivity contribution >= 4 is 99.6 Å². The zero-order chi connectivity index (χ0) is 100. The third kappa shape index (κ3) is 19.2. The molecule has 26 atom stereocenters. The van der Waals surface area contributed by atoms with Crippen LogP contribution in [-0.2, 0) is 66.8 Å². The summed E-state index contributed by atoms with van der Waals surface area (Å²) in [4.78, 5) is 118. The first-order valence-corrected chi connectivity index (χ1v) is 53.2. The molecule has 14 aliphatic heterocycles. The van der Waals surface area contributed by atoms with E-state index in [2.05, 4.69) is 62.8 Å². The predicted molar refractivity (Wildman–Crippen MR) is 532 cm³/mol. The summed E-state index contributed by atoms with van der Waals surface area (Å²) in [5, 5.41) is 46.9. The molecule has 0 radical (unpaired) electrons. The number of fused-ring (bicyclic) bond motifs is 5. The molecule has 762 valence electrons. The molecule has 5 aromatic rings. The van der Waals surface area contributed by atoms with Gasteiger partial charge in [-0.2, -0.15) is 0 Å². The van der Waals surface area contributed by atoms with Crippen LogP contribution in [0, 0.1) is 68.0 Å². The van der Waals surface area contributed by atoms with Crippen LogP contribution in [0.15, 0.2) is 175 Å². The van der Waals surface area contributed by atoms with Crippen LogP contribution in [0.1, 0.15) is 256 Å². The van der Waals surface area contributed by atoms with Gasteiger partial charge in [0.15, 0.2) is 31.1 Å². The number of rotatable bonds is 17. The zero-order valence-corrected chi connectivity index (χ0v) is 85.3. The second-order valence-corrected chi connectivity index (χ2v) is 45.0. The van der Waals surface area contributed by atoms with Crippen molar-refractivity contribution in [3.05, 3.63) is 203 Å². The molecule has 15 unspecified atom stereocenters. The van der Waals surface area contributed by atoms with Crippen molar-refractivity contribution in [2.24, 2.45) is 68.0 Å². The summed E-state index contributed by atoms with van der Waals surface area (Å²) >= 11 is 25.8. The molecule has 14 saturated heterocycles. The van der Waals surface area contributed by atoms with Crippen LogP contribution in [-0.4, -0.2) is 221 Å². The Kier molecular flexibility index (Phi) is 31.4. The first-order valence-electron chi connectivity index (χ1n) is 51.7. The van der Waals surface area contributed by atoms with E-state index in [1.165, 1.54) is 0 Å². The number of nitrogens with zero attached hydrogens (tertiary/aromatic N) is 5. The number of carbonyl (C=O) groups is 9. The fourth-order valence-corrected chi connectivity index (χ4v) is 28.6. The lowest BCUT2D eigenvalue weighted by molar-refractivity contribution is -0.139. The van der Waals surface area contributed by atoms with Crippen molar-refractivity contribution in [3.8, 4) is 0 Å². The van der Waals surface area contributed by atoms with Gasteiger partial charge in [-0.1, -0.05) is 245 Å². The Labute approximate surface area is 848 Å². The van der Waals surface area contributed by atoms with Crippen LogP contribution in [0.4, 0.5) is 0 Å². The van der Waals surface area contributed by atoms with Gasteiger partial charge in [0.2, 0.25) is 41.4 Å². The Morgan fingerprint density at radius 2 is 0.582 bits per heavy atom. The van der Waals surface area contributed by atoms with Gasteiger partial charge in [0, 0.05) is 70.1 Å². The smallest absolute Gasteiger partial charge is 0.252 e. The SMILES string of the molecule is CC/C=C1/CC2CO[C@H](c3ccccc3)N2C1=O.CC/C=C1\CC2CO[C@H](c3ccccc3)N2C1=O.CC[C@@H]1C(Cl)(Cl)C12CC1CO[C@H](c3ccccc3)N1C2=O.CC[C@@H]1CC12CC(CO)NC2=O.CC[C@@H]1CC12CC(CO)NC2=O.CC[C@H]1C(Cl)(Cl)C12CC1CO[C@H](c3ccccc3)N1C2=O.CC[C@H]1CC12CC(CO)NC2=O.CC[C@H]1CC12CC(CO)NC2=O.O=C1CCC2CO[C@H](c3ccccc3)N12. The van der Waals surface area contributed by atoms with E-state index in [0.29, 0.717) is 82.0 Å². The van der Waals surface area contributed by atoms with Gasteiger partial charge < -0.3 is 89.9 Å². The van der Waals surface area contributed by atoms with Crippen molar-refractivity contribution in [2.45, 2.75) is 291 Å². The van der Waals surface area contributed by atoms with Crippen LogP contribution < -0.4 is 21.3 Å². The zero-order valence-electron chi connectivity index (χ0n) is 82.3. The number of carbonyl (C=O) groups excluding carboxylic acids is 9. The molecule has 5 aromatic carbocycles. The summed E-state index contributed by atoms with van der Waals surface area (Å²) in [6.45, 7) is 20.2. The van der Waals surface area contributed by atoms with Crippen LogP contribution in [0.3, 0.4) is 0 Å². The first kappa shape index (κ1) is 104. The second-order valence-electron chi connectivity index (χ2n) is 42.2. The lowest BCUT2D eigenvalue weighted by atomic mass is 9.98. The summed E-state index contributed by atoms with van der Waals surface area (Å²) in [6.07, 6.45) is 23.0. The Bertz CT molecular complexity index is 5020. The quantitative estimate of drug-likeness (QED) is 0.0317. The maximum absolute atomic E-state index is 13.0. The number of allylic oxidation sites excluding steroid dienone is 2. The molecule has 0 aromatic heterocycles. The average molecular weight is 2020 g/mol. The van der Waals surface area contributed by atoms with E-state index >= 15 is 0 Å². The van der Waals surface area contributed by atoms with Crippen molar-refractivity contribution in [1.82, 2.24) is 45.8 Å². The average Bonchev–Trinajstić information content (AvgIpc) is 1.48. The number of halogens is 4. The Morgan fingerprint density at radius 1 is 0.326 bits per heavy atom. The largest absolute Gasteiger partial charge is 0.394 e. The third-order valence-electron chi connectivity index (χ3n) is 34.3. The lowest BCUT2D eigenvalue weighted by Crippen LogP contribution is -2.33. The Balaban J connectivity index is 0.000000110. The van der Waals surface area contributed by atoms with E-state index < -0.39 is 19.5 Å². The van der Waals surface area contributed by atoms with Crippen LogP contribution in [0.25, 0.3) is 0 Å². The molecule has 6 saturated carbocycles. The fraction of sp³-hybridized carbons (Fsp3) is 0.609. The molecule has 6 spiro atoms. The van der Waals surface area contributed by atoms with E-state index in [-0.39, 0.29) is 193 Å². The standard InChI is InChI=1S/2C16H17Cl2NO2.2C15H17NO2.C12H13NO2.4C9H15NO2/c2*1-2-12-15(16(12,17)18)8-11-9-21-13(19(11)14(15)20)10-6-4-3-5-7-10;2*1-2-6-12-9-13-10-18-15(16(13)14(12)17)11-7-4-3-5-8-11;14-11-7-6-10-8-15-12(13(10)11)9-4-2-1-3-5-9;4*1-2-6-3-9(6)4-7(5-11)10-8(9)12/h2*3-7,11-13H,2,8-9H2,1H3;2*3-8,13,15H,2,9-10H2,1H3;1-5,10,12H,6-8H2;4*6-7,11H,2-5H2,1H3,(H,10,12)/b;;12-6+;12-6-;;;;;/t11?,12-,13+,15?;11?,12-,13-,15?;2*13?,15-;10?,12-;4*6-,7?,9?/m011111100/s1. The number of aliphatic hydroxyl groups excluding tert-OH is 4. The van der Waals surface area contributed by atoms with Gasteiger partial charge in [0.05, 0.1) is 146 Å². The maximum atomic E-state index is 13.0. The van der Waals surface area contributed by atoms with Crippen LogP contribution in [0.2, 0.25) is 0 Å². The molecule has 31 heteroatoms. The lowest BCUT2D eigenvalue weighted by Gasteiger charge is -2.23. The van der Waals surface area contributed by atoms with Gasteiger partial charge in [-0.15, -0.1) is 46.4 Å². The molecule has 20 aliphatic rings. The van der Waals surface area contributed by atoms with Gasteiger partial charge in [-0.25, -0.2) is 0 Å². The molecule has 8 N–H and O–H groups in total. The maximum Gasteiger partial charge on any atom is 0.252 e. The summed E-state index contributed by atoms with van der Waals surface area (Å²) in [6, 6.07) is 50.6. The van der Waals surface area contributed by atoms with Gasteiger partial charge >= 0.3 is 0 Å². The van der Waals surface area contributed by atoms with Crippen LogP contribution >= 0.6 is 46.4 Å². The van der Waals surface area contributed by atoms with E-state index in [1.54, 1.807) is 0 Å². The molecule has 6 aliphatic carbocycles. The van der Waals surface area contributed by atoms with Gasteiger partial charge in [-0.05, 0) is 120 Å². The Morgan fingerprint density at radius 3 is 0.816 bits per heavy atom. The monoisotopic (exact) mass is 2020 g/mol. The summed E-state index contributed by atoms with van der Waals surface area (Å²) in [5.74, 6) is 3.78. The Hall–Kier alpha value is -8.39. The van der Waals surface area contributed by atoms with Crippen molar-refractivity contribution in [2.75, 3.05) is 59.5 Å². The molecule has 14 heterocycles. The first-order chi connectivity index (χ1) is 68.0. The molecule has 20 fully saturated rings. The minimum atomic E-state index is -0.912. The number of alkyl halides is 4. The van der Waals surface area contributed by atoms with Gasteiger partial charge in [-0.3, -0.25) is 43.2 Å². The number of benzene rings is 5. The highest BCUT2D eigenvalue weighted by Crippen LogP contribution is 2.78. The van der Waals surface area contributed by atoms with E-state index in [1.807, 2.05) is 202 Å². The molecule has 25 rings (SSSR count). The van der Waals surface area contributed by atoms with Crippen molar-refractivity contribution < 1.29 is 87.3 Å². The summed E-state index contributed by atoms with van der Waals surface area (Å²) < 4.78 is 27.1. The molecule has 0 bridgehead atoms. The number of amides is 9. The topological polar surface area (TPSA) is 345 Å². The van der Waals surface area contributed by atoms with E-state index in [9.17, 15) is 43.2 Å². The van der Waals surface area contributed by atoms with Crippen molar-refractivity contribution in [1.29, 1.82) is 0 Å². The number of ether oxygens (including phenoxy) is 5. The predicted octanol–water partition coefficient (Wildman–Crippen LogP) is 15.2. The second kappa shape index (κ2) is 42.6. The number of nitrogens with one attached hydrogen (secondary N) is 4. The van der Waals surface area contributed by atoms with Crippen LogP contribution in [0.5, 0.6) is 0 Å². The highest BCUT2D eigenvalue weighted by Gasteiger charge is 2.85. The summed E-state index contributed by atoms with van der Waals surface area (Å²) in [5.41, 5.74) is 5.67. The molecule has 9 amide bonds. The molecule has 141 heavy (non-hydrogen) atoms. The van der Waals surface area contributed by atoms with Gasteiger partial charge in [0.1, 0.15) is 8.67 Å². The number of aliphatic hydroxyl groups is 4. The minimum absolute atomic E-state index is 0.0223. The van der Waals surface area contributed by atoms with E-state index in [0.717, 1.165) is 161 Å². The third-order valence-corrected chi connectivity index (χ3v) is 36.7. The minimum Gasteiger partial charge on any atom is -0.394 e. The van der Waals surface area contributed by atoms with Gasteiger partial charge in [0.25, 0.3) is 11.8 Å². The number of hydrogen-bond donors (Lipinski definition) is 8. The number of hydrogen-bond acceptors (Lipinski definition) is 18.